The summed E-state index contributed by atoms with van der Waals surface area (Å²) in [4.78, 5) is 0. The van der Waals surface area contributed by atoms with Crippen molar-refractivity contribution in [3.8, 4) is 17.2 Å². The van der Waals surface area contributed by atoms with Crippen molar-refractivity contribution in [2.45, 2.75) is 0 Å². The lowest BCUT2D eigenvalue weighted by molar-refractivity contribution is 0.171. The molecule has 0 bridgehead atoms. The Morgan fingerprint density at radius 2 is 1.73 bits per heavy atom. The molecular formula is C10H9N3O2. The molecule has 1 aromatic heterocycles. The Kier molecular flexibility index (Phi) is 1.81. The molecule has 0 N–H and O–H groups in total. The van der Waals surface area contributed by atoms with Crippen molar-refractivity contribution in [3.63, 3.8) is 0 Å². The van der Waals surface area contributed by atoms with E-state index in [-0.39, 0.29) is 0 Å². The summed E-state index contributed by atoms with van der Waals surface area (Å²) in [6.45, 7) is 1.21. The number of rotatable bonds is 1. The Balaban J connectivity index is 2.04. The molecule has 0 saturated carbocycles. The lowest BCUT2D eigenvalue weighted by Crippen LogP contribution is -2.15. The number of nitrogens with zero attached hydrogens (tertiary/aromatic N) is 3. The molecule has 5 nitrogen and oxygen atoms in total. The predicted molar refractivity (Wildman–Crippen MR) is 52.3 cm³/mol. The maximum absolute atomic E-state index is 5.48. The highest BCUT2D eigenvalue weighted by molar-refractivity contribution is 5.49. The third-order valence-corrected chi connectivity index (χ3v) is 2.24. The first-order valence-electron chi connectivity index (χ1n) is 4.68. The van der Waals surface area contributed by atoms with Crippen LogP contribution < -0.4 is 9.47 Å². The molecule has 3 rings (SSSR count). The monoisotopic (exact) mass is 203 g/mol. The second-order valence-corrected chi connectivity index (χ2v) is 3.20. The van der Waals surface area contributed by atoms with Crippen LogP contribution in [0.15, 0.2) is 30.9 Å². The van der Waals surface area contributed by atoms with Crippen molar-refractivity contribution >= 4 is 0 Å². The van der Waals surface area contributed by atoms with E-state index in [4.69, 9.17) is 9.47 Å². The van der Waals surface area contributed by atoms with Gasteiger partial charge < -0.3 is 9.47 Å². The van der Waals surface area contributed by atoms with Gasteiger partial charge in [0.15, 0.2) is 11.5 Å². The zero-order chi connectivity index (χ0) is 10.1. The van der Waals surface area contributed by atoms with Crippen molar-refractivity contribution in [2.24, 2.45) is 0 Å². The lowest BCUT2D eigenvalue weighted by atomic mass is 10.2. The van der Waals surface area contributed by atoms with E-state index in [0.29, 0.717) is 13.2 Å². The highest BCUT2D eigenvalue weighted by Crippen LogP contribution is 2.31. The molecule has 15 heavy (non-hydrogen) atoms. The molecule has 0 fully saturated rings. The van der Waals surface area contributed by atoms with Gasteiger partial charge in [0.05, 0.1) is 5.69 Å². The average Bonchev–Trinajstić information content (AvgIpc) is 2.82. The number of aromatic nitrogens is 3. The Morgan fingerprint density at radius 1 is 1.00 bits per heavy atom. The van der Waals surface area contributed by atoms with Gasteiger partial charge in [-0.2, -0.15) is 0 Å². The molecule has 0 spiro atoms. The van der Waals surface area contributed by atoms with E-state index < -0.39 is 0 Å². The molecular weight excluding hydrogens is 194 g/mol. The van der Waals surface area contributed by atoms with E-state index in [1.165, 1.54) is 0 Å². The number of fused-ring (bicyclic) bond motifs is 1. The summed E-state index contributed by atoms with van der Waals surface area (Å²) >= 11 is 0. The highest BCUT2D eigenvalue weighted by atomic mass is 16.6. The van der Waals surface area contributed by atoms with Crippen LogP contribution in [-0.2, 0) is 0 Å². The van der Waals surface area contributed by atoms with E-state index >= 15 is 0 Å². The fourth-order valence-corrected chi connectivity index (χ4v) is 1.53. The van der Waals surface area contributed by atoms with Crippen LogP contribution >= 0.6 is 0 Å². The van der Waals surface area contributed by atoms with Crippen LogP contribution in [0.3, 0.4) is 0 Å². The van der Waals surface area contributed by atoms with Gasteiger partial charge in [-0.05, 0) is 12.1 Å². The summed E-state index contributed by atoms with van der Waals surface area (Å²) < 4.78 is 12.7. The molecule has 76 valence electrons. The number of benzene rings is 1. The van der Waals surface area contributed by atoms with E-state index in [9.17, 15) is 0 Å². The van der Waals surface area contributed by atoms with Crippen molar-refractivity contribution < 1.29 is 9.47 Å². The van der Waals surface area contributed by atoms with Gasteiger partial charge in [-0.25, -0.2) is 0 Å². The third kappa shape index (κ3) is 1.41. The SMILES string of the molecule is c1cc2c(cc1-n1cnnc1)OCCO2. The average molecular weight is 203 g/mol. The summed E-state index contributed by atoms with van der Waals surface area (Å²) in [6, 6.07) is 5.75. The quantitative estimate of drug-likeness (QED) is 0.694. The first-order chi connectivity index (χ1) is 7.43. The molecule has 1 aromatic carbocycles. The van der Waals surface area contributed by atoms with Gasteiger partial charge in [-0.3, -0.25) is 4.57 Å². The predicted octanol–water partition coefficient (Wildman–Crippen LogP) is 1.04. The Hall–Kier alpha value is -2.04. The minimum absolute atomic E-state index is 0.596. The zero-order valence-electron chi connectivity index (χ0n) is 7.96. The fraction of sp³-hybridized carbons (Fsp3) is 0.200. The van der Waals surface area contributed by atoms with Gasteiger partial charge in [0, 0.05) is 6.07 Å². The molecule has 2 heterocycles. The van der Waals surface area contributed by atoms with Crippen molar-refractivity contribution in [1.82, 2.24) is 14.8 Å². The van der Waals surface area contributed by atoms with E-state index in [0.717, 1.165) is 17.2 Å². The largest absolute Gasteiger partial charge is 0.486 e. The summed E-state index contributed by atoms with van der Waals surface area (Å²) in [6.07, 6.45) is 3.29. The Bertz CT molecular complexity index is 468. The van der Waals surface area contributed by atoms with E-state index in [1.807, 2.05) is 22.8 Å². The van der Waals surface area contributed by atoms with Gasteiger partial charge in [0.25, 0.3) is 0 Å². The normalized spacial score (nSPS) is 13.9. The van der Waals surface area contributed by atoms with Gasteiger partial charge in [0.1, 0.15) is 25.9 Å². The third-order valence-electron chi connectivity index (χ3n) is 2.24. The summed E-state index contributed by atoms with van der Waals surface area (Å²) in [5.74, 6) is 1.56. The molecule has 0 amide bonds. The van der Waals surface area contributed by atoms with Crippen LogP contribution in [-0.4, -0.2) is 28.0 Å². The molecule has 0 aliphatic carbocycles. The highest BCUT2D eigenvalue weighted by Gasteiger charge is 2.11. The van der Waals surface area contributed by atoms with E-state index in [1.54, 1.807) is 12.7 Å². The van der Waals surface area contributed by atoms with Crippen molar-refractivity contribution in [1.29, 1.82) is 0 Å². The van der Waals surface area contributed by atoms with Crippen LogP contribution in [0, 0.1) is 0 Å². The summed E-state index contributed by atoms with van der Waals surface area (Å²) in [5, 5.41) is 7.50. The number of ether oxygens (including phenoxy) is 2. The van der Waals surface area contributed by atoms with Crippen LogP contribution in [0.4, 0.5) is 0 Å². The standard InChI is InChI=1S/C10H9N3O2/c1-2-9-10(15-4-3-14-9)5-8(1)13-6-11-12-7-13/h1-2,5-7H,3-4H2. The lowest BCUT2D eigenvalue weighted by Gasteiger charge is -2.18. The second-order valence-electron chi connectivity index (χ2n) is 3.20. The molecule has 0 atom stereocenters. The summed E-state index contributed by atoms with van der Waals surface area (Å²) in [7, 11) is 0. The first kappa shape index (κ1) is 8.28. The topological polar surface area (TPSA) is 49.2 Å². The van der Waals surface area contributed by atoms with Gasteiger partial charge >= 0.3 is 0 Å². The summed E-state index contributed by atoms with van der Waals surface area (Å²) in [5.41, 5.74) is 0.962. The fourth-order valence-electron chi connectivity index (χ4n) is 1.53. The maximum Gasteiger partial charge on any atom is 0.163 e. The van der Waals surface area contributed by atoms with Gasteiger partial charge in [0.2, 0.25) is 0 Å². The molecule has 0 radical (unpaired) electrons. The minimum atomic E-state index is 0.596. The Morgan fingerprint density at radius 3 is 2.53 bits per heavy atom. The van der Waals surface area contributed by atoms with Crippen molar-refractivity contribution in [2.75, 3.05) is 13.2 Å². The smallest absolute Gasteiger partial charge is 0.163 e. The molecule has 2 aromatic rings. The Labute approximate surface area is 86.3 Å². The van der Waals surface area contributed by atoms with E-state index in [2.05, 4.69) is 10.2 Å². The van der Waals surface area contributed by atoms with Crippen LogP contribution in [0.2, 0.25) is 0 Å². The van der Waals surface area contributed by atoms with Crippen LogP contribution in [0.25, 0.3) is 5.69 Å². The first-order valence-corrected chi connectivity index (χ1v) is 4.68. The number of hydrogen-bond acceptors (Lipinski definition) is 4. The van der Waals surface area contributed by atoms with Crippen LogP contribution in [0.1, 0.15) is 0 Å². The minimum Gasteiger partial charge on any atom is -0.486 e. The maximum atomic E-state index is 5.48. The molecule has 0 saturated heterocycles. The molecule has 0 unspecified atom stereocenters. The van der Waals surface area contributed by atoms with Crippen molar-refractivity contribution in [3.05, 3.63) is 30.9 Å². The molecule has 5 heteroatoms. The number of hydrogen-bond donors (Lipinski definition) is 0. The molecule has 1 aliphatic rings. The zero-order valence-corrected chi connectivity index (χ0v) is 7.96. The second kappa shape index (κ2) is 3.27. The van der Waals surface area contributed by atoms with Gasteiger partial charge in [-0.1, -0.05) is 0 Å². The van der Waals surface area contributed by atoms with Gasteiger partial charge in [-0.15, -0.1) is 10.2 Å². The van der Waals surface area contributed by atoms with Crippen LogP contribution in [0.5, 0.6) is 11.5 Å². The molecule has 1 aliphatic heterocycles.